The SMILES string of the molecule is Nc1ccnc2ccc3cc4ccccc4cc3c12. The summed E-state index contributed by atoms with van der Waals surface area (Å²) < 4.78 is 0. The normalized spacial score (nSPS) is 11.4. The van der Waals surface area contributed by atoms with Crippen LogP contribution in [0.15, 0.2) is 60.8 Å². The first-order chi connectivity index (χ1) is 9.33. The summed E-state index contributed by atoms with van der Waals surface area (Å²) >= 11 is 0. The molecule has 19 heavy (non-hydrogen) atoms. The van der Waals surface area contributed by atoms with E-state index in [2.05, 4.69) is 47.4 Å². The summed E-state index contributed by atoms with van der Waals surface area (Å²) in [6, 6.07) is 18.8. The van der Waals surface area contributed by atoms with E-state index in [0.717, 1.165) is 16.6 Å². The largest absolute Gasteiger partial charge is 0.398 e. The summed E-state index contributed by atoms with van der Waals surface area (Å²) in [5.74, 6) is 0. The number of hydrogen-bond donors (Lipinski definition) is 1. The standard InChI is InChI=1S/C17H12N2/c18-15-7-8-19-16-6-5-13-9-11-3-1-2-4-12(11)10-14(13)17(15)16/h1-10H,(H2,18,19). The second-order valence-corrected chi connectivity index (χ2v) is 4.78. The van der Waals surface area contributed by atoms with Gasteiger partial charge >= 0.3 is 0 Å². The lowest BCUT2D eigenvalue weighted by atomic mass is 9.99. The van der Waals surface area contributed by atoms with Crippen molar-refractivity contribution in [2.45, 2.75) is 0 Å². The van der Waals surface area contributed by atoms with Crippen molar-refractivity contribution in [2.75, 3.05) is 5.73 Å². The molecule has 1 aromatic heterocycles. The van der Waals surface area contributed by atoms with E-state index in [1.165, 1.54) is 21.5 Å². The molecule has 0 bridgehead atoms. The van der Waals surface area contributed by atoms with Gasteiger partial charge in [0.2, 0.25) is 0 Å². The van der Waals surface area contributed by atoms with Gasteiger partial charge in [0.25, 0.3) is 0 Å². The molecule has 0 aliphatic rings. The molecule has 3 aromatic carbocycles. The fraction of sp³-hybridized carbons (Fsp3) is 0. The molecule has 4 aromatic rings. The van der Waals surface area contributed by atoms with E-state index in [-0.39, 0.29) is 0 Å². The number of anilines is 1. The number of rotatable bonds is 0. The fourth-order valence-corrected chi connectivity index (χ4v) is 2.69. The van der Waals surface area contributed by atoms with Crippen molar-refractivity contribution in [1.82, 2.24) is 4.98 Å². The minimum absolute atomic E-state index is 0.783. The maximum absolute atomic E-state index is 6.13. The zero-order valence-corrected chi connectivity index (χ0v) is 10.3. The van der Waals surface area contributed by atoms with Gasteiger partial charge in [-0.25, -0.2) is 0 Å². The van der Waals surface area contributed by atoms with E-state index in [1.807, 2.05) is 12.1 Å². The van der Waals surface area contributed by atoms with Gasteiger partial charge in [-0.3, -0.25) is 4.98 Å². The molecular weight excluding hydrogens is 232 g/mol. The molecule has 2 nitrogen and oxygen atoms in total. The zero-order chi connectivity index (χ0) is 12.8. The average molecular weight is 244 g/mol. The van der Waals surface area contributed by atoms with Crippen LogP contribution in [0.4, 0.5) is 5.69 Å². The lowest BCUT2D eigenvalue weighted by Crippen LogP contribution is -1.90. The highest BCUT2D eigenvalue weighted by Crippen LogP contribution is 2.31. The monoisotopic (exact) mass is 244 g/mol. The molecule has 0 fully saturated rings. The lowest BCUT2D eigenvalue weighted by Gasteiger charge is -2.07. The second-order valence-electron chi connectivity index (χ2n) is 4.78. The third-order valence-electron chi connectivity index (χ3n) is 3.62. The molecule has 4 rings (SSSR count). The van der Waals surface area contributed by atoms with Crippen molar-refractivity contribution < 1.29 is 0 Å². The van der Waals surface area contributed by atoms with E-state index in [9.17, 15) is 0 Å². The molecule has 0 aliphatic heterocycles. The van der Waals surface area contributed by atoms with Crippen molar-refractivity contribution in [3.05, 3.63) is 60.8 Å². The van der Waals surface area contributed by atoms with Crippen LogP contribution in [0.5, 0.6) is 0 Å². The van der Waals surface area contributed by atoms with Gasteiger partial charge in [0.15, 0.2) is 0 Å². The molecule has 0 atom stereocenters. The zero-order valence-electron chi connectivity index (χ0n) is 10.3. The number of nitrogens with two attached hydrogens (primary N) is 1. The fourth-order valence-electron chi connectivity index (χ4n) is 2.69. The predicted molar refractivity (Wildman–Crippen MR) is 81.2 cm³/mol. The Morgan fingerprint density at radius 2 is 1.58 bits per heavy atom. The summed E-state index contributed by atoms with van der Waals surface area (Å²) in [4.78, 5) is 4.39. The Morgan fingerprint density at radius 3 is 2.42 bits per heavy atom. The van der Waals surface area contributed by atoms with Crippen LogP contribution < -0.4 is 5.73 Å². The van der Waals surface area contributed by atoms with Crippen molar-refractivity contribution in [3.63, 3.8) is 0 Å². The first-order valence-corrected chi connectivity index (χ1v) is 6.29. The number of benzene rings is 3. The van der Waals surface area contributed by atoms with Crippen molar-refractivity contribution in [3.8, 4) is 0 Å². The Balaban J connectivity index is 2.29. The van der Waals surface area contributed by atoms with Crippen LogP contribution in [0.2, 0.25) is 0 Å². The first-order valence-electron chi connectivity index (χ1n) is 6.29. The van der Waals surface area contributed by atoms with Gasteiger partial charge in [-0.2, -0.15) is 0 Å². The molecule has 0 spiro atoms. The number of aromatic nitrogens is 1. The summed E-state index contributed by atoms with van der Waals surface area (Å²) in [5, 5.41) is 5.89. The highest BCUT2D eigenvalue weighted by Gasteiger charge is 2.05. The van der Waals surface area contributed by atoms with Crippen LogP contribution >= 0.6 is 0 Å². The molecule has 2 N–H and O–H groups in total. The first kappa shape index (κ1) is 10.3. The van der Waals surface area contributed by atoms with Crippen molar-refractivity contribution >= 4 is 38.1 Å². The minimum Gasteiger partial charge on any atom is -0.398 e. The van der Waals surface area contributed by atoms with Crippen LogP contribution in [0, 0.1) is 0 Å². The van der Waals surface area contributed by atoms with Crippen molar-refractivity contribution in [2.24, 2.45) is 0 Å². The quantitative estimate of drug-likeness (QED) is 0.373. The van der Waals surface area contributed by atoms with E-state index in [0.29, 0.717) is 0 Å². The van der Waals surface area contributed by atoms with Crippen LogP contribution in [0.1, 0.15) is 0 Å². The third kappa shape index (κ3) is 1.47. The lowest BCUT2D eigenvalue weighted by molar-refractivity contribution is 1.42. The number of pyridine rings is 1. The Labute approximate surface area is 110 Å². The Bertz CT molecular complexity index is 926. The Hall–Kier alpha value is -2.61. The number of nitrogen functional groups attached to an aromatic ring is 1. The smallest absolute Gasteiger partial charge is 0.0729 e. The Kier molecular flexibility index (Phi) is 2.00. The van der Waals surface area contributed by atoms with Gasteiger partial charge in [0.05, 0.1) is 5.52 Å². The van der Waals surface area contributed by atoms with Gasteiger partial charge in [0, 0.05) is 17.3 Å². The summed E-state index contributed by atoms with van der Waals surface area (Å²) in [6.45, 7) is 0. The van der Waals surface area contributed by atoms with Crippen LogP contribution in [0.25, 0.3) is 32.4 Å². The van der Waals surface area contributed by atoms with Gasteiger partial charge in [0.1, 0.15) is 0 Å². The molecule has 2 heteroatoms. The summed E-state index contributed by atoms with van der Waals surface area (Å²) in [5.41, 5.74) is 7.86. The van der Waals surface area contributed by atoms with Gasteiger partial charge in [-0.15, -0.1) is 0 Å². The van der Waals surface area contributed by atoms with Gasteiger partial charge in [-0.1, -0.05) is 30.3 Å². The van der Waals surface area contributed by atoms with Crippen LogP contribution in [-0.4, -0.2) is 4.98 Å². The topological polar surface area (TPSA) is 38.9 Å². The van der Waals surface area contributed by atoms with Crippen LogP contribution in [-0.2, 0) is 0 Å². The van der Waals surface area contributed by atoms with E-state index in [4.69, 9.17) is 5.73 Å². The van der Waals surface area contributed by atoms with Gasteiger partial charge < -0.3 is 5.73 Å². The third-order valence-corrected chi connectivity index (χ3v) is 3.62. The predicted octanol–water partition coefficient (Wildman–Crippen LogP) is 4.12. The second kappa shape index (κ2) is 3.69. The number of hydrogen-bond acceptors (Lipinski definition) is 2. The molecule has 90 valence electrons. The Morgan fingerprint density at radius 1 is 0.789 bits per heavy atom. The maximum Gasteiger partial charge on any atom is 0.0729 e. The molecular formula is C17H12N2. The minimum atomic E-state index is 0.783. The molecule has 0 radical (unpaired) electrons. The number of nitrogens with zero attached hydrogens (tertiary/aromatic N) is 1. The summed E-state index contributed by atoms with van der Waals surface area (Å²) in [7, 11) is 0. The molecule has 0 aliphatic carbocycles. The highest BCUT2D eigenvalue weighted by atomic mass is 14.7. The maximum atomic E-state index is 6.13. The van der Waals surface area contributed by atoms with Crippen LogP contribution in [0.3, 0.4) is 0 Å². The highest BCUT2D eigenvalue weighted by molar-refractivity contribution is 6.15. The van der Waals surface area contributed by atoms with E-state index < -0.39 is 0 Å². The summed E-state index contributed by atoms with van der Waals surface area (Å²) in [6.07, 6.45) is 1.75. The molecule has 0 amide bonds. The molecule has 0 saturated heterocycles. The van der Waals surface area contributed by atoms with E-state index >= 15 is 0 Å². The molecule has 0 unspecified atom stereocenters. The molecule has 0 saturated carbocycles. The van der Waals surface area contributed by atoms with Gasteiger partial charge in [-0.05, 0) is 45.8 Å². The van der Waals surface area contributed by atoms with E-state index in [1.54, 1.807) is 6.20 Å². The van der Waals surface area contributed by atoms with Crippen molar-refractivity contribution in [1.29, 1.82) is 0 Å². The number of fused-ring (bicyclic) bond motifs is 4. The molecule has 1 heterocycles. The average Bonchev–Trinajstić information content (AvgIpc) is 2.45.